The third-order valence-electron chi connectivity index (χ3n) is 4.55. The minimum absolute atomic E-state index is 0. The average Bonchev–Trinajstić information content (AvgIpc) is 2.97. The number of nitrogens with zero attached hydrogens (tertiary/aromatic N) is 2. The molecular weight excluding hydrogens is 516 g/mol. The van der Waals surface area contributed by atoms with Crippen molar-refractivity contribution in [3.8, 4) is 0 Å². The fraction of sp³-hybridized carbons (Fsp3) is 0.556. The Labute approximate surface area is 179 Å². The molecule has 2 atom stereocenters. The first kappa shape index (κ1) is 23.1. The molecule has 1 aromatic carbocycles. The number of rotatable bonds is 5. The van der Waals surface area contributed by atoms with Crippen molar-refractivity contribution < 1.29 is 13.9 Å². The zero-order valence-electron chi connectivity index (χ0n) is 15.3. The molecule has 1 saturated heterocycles. The van der Waals surface area contributed by atoms with Crippen molar-refractivity contribution in [2.75, 3.05) is 33.8 Å². The molecule has 0 radical (unpaired) electrons. The number of hydrogen-bond acceptors (Lipinski definition) is 3. The van der Waals surface area contributed by atoms with Crippen LogP contribution in [0.5, 0.6) is 0 Å². The summed E-state index contributed by atoms with van der Waals surface area (Å²) < 4.78 is 19.4. The van der Waals surface area contributed by atoms with Crippen LogP contribution in [0.2, 0.25) is 0 Å². The van der Waals surface area contributed by atoms with E-state index in [0.29, 0.717) is 25.1 Å². The molecule has 1 N–H and O–H groups in total. The minimum Gasteiger partial charge on any atom is -0.469 e. The Bertz CT molecular complexity index is 645. The number of guanidine groups is 1. The molecule has 5 nitrogen and oxygen atoms in total. The molecule has 0 aliphatic carbocycles. The topological polar surface area (TPSA) is 53.9 Å². The van der Waals surface area contributed by atoms with E-state index in [0.717, 1.165) is 23.4 Å². The van der Waals surface area contributed by atoms with Crippen molar-refractivity contribution in [1.82, 2.24) is 10.2 Å². The Kier molecular flexibility index (Phi) is 9.84. The van der Waals surface area contributed by atoms with Gasteiger partial charge in [0, 0.05) is 31.2 Å². The van der Waals surface area contributed by atoms with Gasteiger partial charge in [0.05, 0.1) is 13.0 Å². The Balaban J connectivity index is 0.00000338. The van der Waals surface area contributed by atoms with Crippen molar-refractivity contribution in [2.24, 2.45) is 16.8 Å². The van der Waals surface area contributed by atoms with Gasteiger partial charge in [0.2, 0.25) is 0 Å². The van der Waals surface area contributed by atoms with E-state index in [4.69, 9.17) is 4.74 Å². The molecule has 2 unspecified atom stereocenters. The molecule has 0 saturated carbocycles. The predicted molar refractivity (Wildman–Crippen MR) is 115 cm³/mol. The number of aliphatic imine (C=N–C) groups is 1. The fourth-order valence-electron chi connectivity index (χ4n) is 3.13. The maximum Gasteiger partial charge on any atom is 0.310 e. The van der Waals surface area contributed by atoms with E-state index in [9.17, 15) is 9.18 Å². The molecule has 26 heavy (non-hydrogen) atoms. The maximum atomic E-state index is 13.8. The monoisotopic (exact) mass is 541 g/mol. The second kappa shape index (κ2) is 11.1. The first-order chi connectivity index (χ1) is 12.0. The summed E-state index contributed by atoms with van der Waals surface area (Å²) >= 11 is 3.26. The smallest absolute Gasteiger partial charge is 0.310 e. The molecule has 1 aliphatic rings. The van der Waals surface area contributed by atoms with Crippen LogP contribution in [0.15, 0.2) is 27.7 Å². The zero-order chi connectivity index (χ0) is 18.4. The number of benzene rings is 1. The van der Waals surface area contributed by atoms with Crippen LogP contribution < -0.4 is 5.32 Å². The van der Waals surface area contributed by atoms with Crippen LogP contribution in [0, 0.1) is 17.7 Å². The highest BCUT2D eigenvalue weighted by molar-refractivity contribution is 14.0. The van der Waals surface area contributed by atoms with E-state index < -0.39 is 0 Å². The molecule has 1 fully saturated rings. The lowest BCUT2D eigenvalue weighted by molar-refractivity contribution is -0.145. The van der Waals surface area contributed by atoms with Crippen molar-refractivity contribution in [3.63, 3.8) is 0 Å². The molecular formula is C18H26BrFIN3O2. The number of methoxy groups -OCH3 is 1. The largest absolute Gasteiger partial charge is 0.469 e. The molecule has 0 aromatic heterocycles. The second-order valence-corrected chi connectivity index (χ2v) is 7.24. The highest BCUT2D eigenvalue weighted by Gasteiger charge is 2.36. The molecule has 0 bridgehead atoms. The summed E-state index contributed by atoms with van der Waals surface area (Å²) in [6.07, 6.45) is 1.45. The molecule has 0 amide bonds. The molecule has 0 spiro atoms. The van der Waals surface area contributed by atoms with Gasteiger partial charge in [-0.3, -0.25) is 9.79 Å². The van der Waals surface area contributed by atoms with Gasteiger partial charge in [-0.15, -0.1) is 24.0 Å². The van der Waals surface area contributed by atoms with Crippen molar-refractivity contribution in [3.05, 3.63) is 34.1 Å². The van der Waals surface area contributed by atoms with E-state index in [1.165, 1.54) is 13.2 Å². The highest BCUT2D eigenvalue weighted by atomic mass is 127. The number of likely N-dealkylation sites (tertiary alicyclic amines) is 1. The van der Waals surface area contributed by atoms with E-state index in [1.807, 2.05) is 13.0 Å². The van der Waals surface area contributed by atoms with Crippen LogP contribution in [-0.4, -0.2) is 50.6 Å². The van der Waals surface area contributed by atoms with Gasteiger partial charge in [-0.2, -0.15) is 0 Å². The summed E-state index contributed by atoms with van der Waals surface area (Å²) in [6.45, 7) is 4.11. The standard InChI is InChI=1S/C18H25BrFN3O2.HI/c1-12-10-23(11-15(12)17(24)25-3)18(21-2)22-8-4-5-13-6-7-14(19)9-16(13)20;/h6-7,9,12,15H,4-5,8,10-11H2,1-3H3,(H,21,22);1H. The molecule has 8 heteroatoms. The number of hydrogen-bond donors (Lipinski definition) is 1. The van der Waals surface area contributed by atoms with Gasteiger partial charge < -0.3 is 15.0 Å². The average molecular weight is 542 g/mol. The van der Waals surface area contributed by atoms with Gasteiger partial charge in [-0.1, -0.05) is 28.9 Å². The Morgan fingerprint density at radius 2 is 2.19 bits per heavy atom. The Hall–Kier alpha value is -0.900. The van der Waals surface area contributed by atoms with Crippen molar-refractivity contribution in [1.29, 1.82) is 0 Å². The van der Waals surface area contributed by atoms with Crippen LogP contribution in [0.25, 0.3) is 0 Å². The summed E-state index contributed by atoms with van der Waals surface area (Å²) in [7, 11) is 3.15. The molecule has 1 heterocycles. The lowest BCUT2D eigenvalue weighted by Gasteiger charge is -2.21. The second-order valence-electron chi connectivity index (χ2n) is 6.33. The van der Waals surface area contributed by atoms with Gasteiger partial charge in [0.25, 0.3) is 0 Å². The van der Waals surface area contributed by atoms with Crippen molar-refractivity contribution in [2.45, 2.75) is 19.8 Å². The Morgan fingerprint density at radius 3 is 2.81 bits per heavy atom. The van der Waals surface area contributed by atoms with E-state index in [1.54, 1.807) is 13.1 Å². The SMILES string of the molecule is CN=C(NCCCc1ccc(Br)cc1F)N1CC(C)C(C(=O)OC)C1.I. The summed E-state index contributed by atoms with van der Waals surface area (Å²) in [5.74, 6) is 0.516. The number of carbonyl (C=O) groups excluding carboxylic acids is 1. The lowest BCUT2D eigenvalue weighted by atomic mass is 9.99. The van der Waals surface area contributed by atoms with Crippen molar-refractivity contribution >= 4 is 51.8 Å². The van der Waals surface area contributed by atoms with Crippen LogP contribution in [0.1, 0.15) is 18.9 Å². The number of ether oxygens (including phenoxy) is 1. The van der Waals surface area contributed by atoms with Gasteiger partial charge in [0.15, 0.2) is 5.96 Å². The summed E-state index contributed by atoms with van der Waals surface area (Å²) in [4.78, 5) is 18.2. The summed E-state index contributed by atoms with van der Waals surface area (Å²) in [6, 6.07) is 5.14. The lowest BCUT2D eigenvalue weighted by Crippen LogP contribution is -2.41. The highest BCUT2D eigenvalue weighted by Crippen LogP contribution is 2.24. The minimum atomic E-state index is -0.187. The summed E-state index contributed by atoms with van der Waals surface area (Å²) in [5.41, 5.74) is 0.709. The van der Waals surface area contributed by atoms with Gasteiger partial charge in [0.1, 0.15) is 5.82 Å². The van der Waals surface area contributed by atoms with Crippen LogP contribution in [0.4, 0.5) is 4.39 Å². The van der Waals surface area contributed by atoms with Gasteiger partial charge >= 0.3 is 5.97 Å². The van der Waals surface area contributed by atoms with E-state index in [-0.39, 0.29) is 47.6 Å². The molecule has 1 aromatic rings. The van der Waals surface area contributed by atoms with Crippen LogP contribution in [0.3, 0.4) is 0 Å². The number of carbonyl (C=O) groups is 1. The fourth-order valence-corrected chi connectivity index (χ4v) is 3.47. The Morgan fingerprint density at radius 1 is 1.46 bits per heavy atom. The third-order valence-corrected chi connectivity index (χ3v) is 5.04. The number of nitrogens with one attached hydrogen (secondary N) is 1. The molecule has 1 aliphatic heterocycles. The number of esters is 1. The third kappa shape index (κ3) is 6.07. The predicted octanol–water partition coefficient (Wildman–Crippen LogP) is 3.46. The van der Waals surface area contributed by atoms with Crippen LogP contribution >= 0.6 is 39.9 Å². The van der Waals surface area contributed by atoms with Gasteiger partial charge in [-0.05, 0) is 36.5 Å². The molecule has 146 valence electrons. The summed E-state index contributed by atoms with van der Waals surface area (Å²) in [5, 5.41) is 3.30. The first-order valence-corrected chi connectivity index (χ1v) is 9.23. The first-order valence-electron chi connectivity index (χ1n) is 8.43. The number of halogens is 3. The van der Waals surface area contributed by atoms with E-state index in [2.05, 4.69) is 31.1 Å². The van der Waals surface area contributed by atoms with E-state index >= 15 is 0 Å². The normalized spacial score (nSPS) is 19.9. The van der Waals surface area contributed by atoms with Crippen LogP contribution in [-0.2, 0) is 16.0 Å². The van der Waals surface area contributed by atoms with Gasteiger partial charge in [-0.25, -0.2) is 4.39 Å². The quantitative estimate of drug-likeness (QED) is 0.204. The maximum absolute atomic E-state index is 13.8. The molecule has 2 rings (SSSR count). The number of aryl methyl sites for hydroxylation is 1. The zero-order valence-corrected chi connectivity index (χ0v) is 19.2.